The maximum Gasteiger partial charge on any atom is 0.318 e. The van der Waals surface area contributed by atoms with Crippen molar-refractivity contribution in [3.63, 3.8) is 0 Å². The highest BCUT2D eigenvalue weighted by atomic mass is 16.7. The predicted octanol–water partition coefficient (Wildman–Crippen LogP) is 1.44. The summed E-state index contributed by atoms with van der Waals surface area (Å²) in [6.07, 6.45) is -6.32. The van der Waals surface area contributed by atoms with Crippen LogP contribution in [0.15, 0.2) is 23.3 Å². The van der Waals surface area contributed by atoms with Crippen LogP contribution < -0.4 is 0 Å². The first-order valence-electron chi connectivity index (χ1n) is 19.3. The Bertz CT molecular complexity index is 1650. The molecule has 0 unspecified atom stereocenters. The number of hydrogen-bond acceptors (Lipinski definition) is 15. The number of esters is 4. The first kappa shape index (κ1) is 41.4. The lowest BCUT2D eigenvalue weighted by Crippen LogP contribution is -2.66. The second-order valence-corrected chi connectivity index (χ2v) is 17.6. The molecular formula is C40H56O15. The largest absolute Gasteiger partial charge is 0.465 e. The van der Waals surface area contributed by atoms with Gasteiger partial charge < -0.3 is 49.2 Å². The van der Waals surface area contributed by atoms with Crippen LogP contribution in [0.3, 0.4) is 0 Å². The monoisotopic (exact) mass is 776 g/mol. The zero-order chi connectivity index (χ0) is 40.6. The number of carbonyl (C=O) groups excluding carboxylic acids is 5. The van der Waals surface area contributed by atoms with Crippen molar-refractivity contribution in [2.24, 2.45) is 45.3 Å². The van der Waals surface area contributed by atoms with Crippen LogP contribution in [0.25, 0.3) is 0 Å². The van der Waals surface area contributed by atoms with E-state index in [1.807, 2.05) is 19.9 Å². The number of aliphatic hydroxyl groups excluding tert-OH is 5. The van der Waals surface area contributed by atoms with E-state index in [1.165, 1.54) is 19.9 Å². The summed E-state index contributed by atoms with van der Waals surface area (Å²) >= 11 is 0. The molecule has 0 radical (unpaired) electrons. The number of fused-ring (bicyclic) bond motifs is 7. The molecule has 0 aromatic heterocycles. The highest BCUT2D eigenvalue weighted by Gasteiger charge is 2.76. The van der Waals surface area contributed by atoms with Crippen molar-refractivity contribution in [2.45, 2.75) is 136 Å². The van der Waals surface area contributed by atoms with Crippen molar-refractivity contribution in [1.82, 2.24) is 0 Å². The van der Waals surface area contributed by atoms with Crippen LogP contribution in [0.2, 0.25) is 0 Å². The molecule has 16 atom stereocenters. The van der Waals surface area contributed by atoms with Crippen LogP contribution in [0.4, 0.5) is 0 Å². The topological polar surface area (TPSA) is 233 Å². The Morgan fingerprint density at radius 2 is 1.65 bits per heavy atom. The molecule has 306 valence electrons. The van der Waals surface area contributed by atoms with Gasteiger partial charge in [0.25, 0.3) is 0 Å². The van der Waals surface area contributed by atoms with Crippen LogP contribution in [0.5, 0.6) is 0 Å². The minimum Gasteiger partial charge on any atom is -0.465 e. The molecule has 6 rings (SSSR count). The number of ketones is 1. The van der Waals surface area contributed by atoms with Crippen molar-refractivity contribution >= 4 is 29.7 Å². The van der Waals surface area contributed by atoms with Gasteiger partial charge in [0.2, 0.25) is 6.29 Å². The van der Waals surface area contributed by atoms with E-state index in [0.717, 1.165) is 11.1 Å². The van der Waals surface area contributed by atoms with Crippen molar-refractivity contribution < 1.29 is 73.2 Å². The van der Waals surface area contributed by atoms with Crippen LogP contribution in [-0.2, 0) is 47.7 Å². The first-order valence-corrected chi connectivity index (χ1v) is 19.3. The average Bonchev–Trinajstić information content (AvgIpc) is 3.54. The van der Waals surface area contributed by atoms with E-state index in [1.54, 1.807) is 20.8 Å². The Hall–Kier alpha value is -3.21. The van der Waals surface area contributed by atoms with Crippen molar-refractivity contribution in [3.8, 4) is 0 Å². The number of ether oxygens (including phenoxy) is 5. The molecule has 0 amide bonds. The minimum atomic E-state index is -1.85. The summed E-state index contributed by atoms with van der Waals surface area (Å²) in [5, 5.41) is 53.7. The lowest BCUT2D eigenvalue weighted by molar-refractivity contribution is -0.299. The fourth-order valence-corrected chi connectivity index (χ4v) is 11.8. The summed E-state index contributed by atoms with van der Waals surface area (Å²) in [4.78, 5) is 65.9. The zero-order valence-electron chi connectivity index (χ0n) is 32.6. The SMILES string of the molecule is CC(=O)OC[C@]12C[C@@H]3OC(=O)[C@H](CC(=O)C=C(C)C)[C@H]3[C@]1(C)[C@@H](O)C[C@H]1C2=CC[C@@H]2[C@]1(C)CC[C@@H](OC(C)=O)[C@@]2(C)C(=O)O[C@@H]1O[C@H](CO)[C@@H](O)[C@H](O)[C@H]1O. The fraction of sp³-hybridized carbons (Fsp3) is 0.775. The molecule has 55 heavy (non-hydrogen) atoms. The van der Waals surface area contributed by atoms with Gasteiger partial charge in [-0.1, -0.05) is 31.1 Å². The smallest absolute Gasteiger partial charge is 0.318 e. The molecule has 0 bridgehead atoms. The van der Waals surface area contributed by atoms with Gasteiger partial charge in [-0.25, -0.2) is 0 Å². The highest BCUT2D eigenvalue weighted by Crippen LogP contribution is 2.75. The standard InChI is InChI=1S/C40H56O15/c1-18(2)12-21(44)13-22-30-25(53-34(22)49)15-40(17-51-19(3)42)23-8-9-27-37(5,24(23)14-28(45)39(30,40)7)11-10-29(52-20(4)43)38(27,6)36(50)55-35-33(48)32(47)31(46)26(16-41)54-35/h8,12,22,24-33,35,41,45-48H,9-11,13-17H2,1-7H3/t22-,24+,25+,26-,27-,28+,29-,30-,31-,32+,33-,35+,37-,38+,39+,40+/m1/s1. The highest BCUT2D eigenvalue weighted by molar-refractivity contribution is 5.93. The third-order valence-corrected chi connectivity index (χ3v) is 14.5. The number of aliphatic hydroxyl groups is 5. The Morgan fingerprint density at radius 3 is 2.27 bits per heavy atom. The predicted molar refractivity (Wildman–Crippen MR) is 189 cm³/mol. The Balaban J connectivity index is 1.42. The molecule has 2 saturated heterocycles. The molecular weight excluding hydrogens is 720 g/mol. The Labute approximate surface area is 320 Å². The van der Waals surface area contributed by atoms with Crippen LogP contribution in [0, 0.1) is 45.3 Å². The normalized spacial score (nSPS) is 45.7. The van der Waals surface area contributed by atoms with Crippen molar-refractivity contribution in [1.29, 1.82) is 0 Å². The van der Waals surface area contributed by atoms with Gasteiger partial charge in [-0.15, -0.1) is 0 Å². The quantitative estimate of drug-likeness (QED) is 0.0965. The molecule has 0 aromatic rings. The van der Waals surface area contributed by atoms with E-state index in [0.29, 0.717) is 6.42 Å². The van der Waals surface area contributed by atoms with Gasteiger partial charge >= 0.3 is 23.9 Å². The lowest BCUT2D eigenvalue weighted by atomic mass is 9.40. The summed E-state index contributed by atoms with van der Waals surface area (Å²) in [6.45, 7) is 10.8. The van der Waals surface area contributed by atoms with Crippen LogP contribution >= 0.6 is 0 Å². The minimum absolute atomic E-state index is 0.0914. The number of hydrogen-bond donors (Lipinski definition) is 5. The van der Waals surface area contributed by atoms with Gasteiger partial charge in [-0.3, -0.25) is 24.0 Å². The van der Waals surface area contributed by atoms with Crippen molar-refractivity contribution in [2.75, 3.05) is 13.2 Å². The number of rotatable bonds is 9. The molecule has 0 aromatic carbocycles. The first-order chi connectivity index (χ1) is 25.7. The van der Waals surface area contributed by atoms with E-state index in [9.17, 15) is 49.5 Å². The van der Waals surface area contributed by atoms with Gasteiger partial charge in [-0.05, 0) is 76.2 Å². The molecule has 4 aliphatic carbocycles. The Morgan fingerprint density at radius 1 is 0.964 bits per heavy atom. The second-order valence-electron chi connectivity index (χ2n) is 17.6. The second kappa shape index (κ2) is 14.6. The molecule has 3 saturated carbocycles. The third-order valence-electron chi connectivity index (χ3n) is 14.5. The van der Waals surface area contributed by atoms with E-state index < -0.39 is 125 Å². The van der Waals surface area contributed by atoms with E-state index in [-0.39, 0.29) is 44.5 Å². The summed E-state index contributed by atoms with van der Waals surface area (Å²) in [6, 6.07) is 0. The van der Waals surface area contributed by atoms with E-state index in [4.69, 9.17) is 23.7 Å². The summed E-state index contributed by atoms with van der Waals surface area (Å²) in [5.41, 5.74) is -2.70. The summed E-state index contributed by atoms with van der Waals surface area (Å²) in [7, 11) is 0. The third kappa shape index (κ3) is 6.37. The molecule has 2 aliphatic heterocycles. The molecule has 15 nitrogen and oxygen atoms in total. The van der Waals surface area contributed by atoms with Crippen LogP contribution in [0.1, 0.15) is 87.0 Å². The van der Waals surface area contributed by atoms with Gasteiger partial charge in [0, 0.05) is 37.0 Å². The molecule has 6 aliphatic rings. The maximum absolute atomic E-state index is 14.5. The number of allylic oxidation sites excluding steroid dienone is 3. The van der Waals surface area contributed by atoms with Gasteiger partial charge in [0.05, 0.1) is 18.6 Å². The summed E-state index contributed by atoms with van der Waals surface area (Å²) < 4.78 is 28.9. The molecule has 15 heteroatoms. The fourth-order valence-electron chi connectivity index (χ4n) is 11.8. The maximum atomic E-state index is 14.5. The van der Waals surface area contributed by atoms with Gasteiger partial charge in [-0.2, -0.15) is 0 Å². The molecule has 0 spiro atoms. The lowest BCUT2D eigenvalue weighted by Gasteiger charge is -2.65. The van der Waals surface area contributed by atoms with Crippen LogP contribution in [-0.4, -0.2) is 117 Å². The Kier molecular flexibility index (Phi) is 11.0. The van der Waals surface area contributed by atoms with E-state index in [2.05, 4.69) is 0 Å². The van der Waals surface area contributed by atoms with Crippen molar-refractivity contribution in [3.05, 3.63) is 23.3 Å². The van der Waals surface area contributed by atoms with Gasteiger partial charge in [0.1, 0.15) is 48.6 Å². The van der Waals surface area contributed by atoms with E-state index >= 15 is 0 Å². The molecule has 2 heterocycles. The van der Waals surface area contributed by atoms with Gasteiger partial charge in [0.15, 0.2) is 5.78 Å². The molecule has 5 N–H and O–H groups in total. The summed E-state index contributed by atoms with van der Waals surface area (Å²) in [5.74, 6) is -5.13. The number of carbonyl (C=O) groups is 5. The average molecular weight is 777 g/mol. The zero-order valence-corrected chi connectivity index (χ0v) is 32.6. The molecule has 5 fully saturated rings.